The lowest BCUT2D eigenvalue weighted by Gasteiger charge is -2.14. The van der Waals surface area contributed by atoms with Crippen molar-refractivity contribution >= 4 is 23.4 Å². The van der Waals surface area contributed by atoms with Crippen LogP contribution in [-0.2, 0) is 6.18 Å². The van der Waals surface area contributed by atoms with Gasteiger partial charge < -0.3 is 16.4 Å². The highest BCUT2D eigenvalue weighted by Gasteiger charge is 2.38. The molecule has 0 amide bonds. The first kappa shape index (κ1) is 18.8. The van der Waals surface area contributed by atoms with Crippen molar-refractivity contribution in [3.63, 3.8) is 0 Å². The number of anilines is 4. The van der Waals surface area contributed by atoms with Gasteiger partial charge in [-0.05, 0) is 44.0 Å². The van der Waals surface area contributed by atoms with Gasteiger partial charge in [0.05, 0.1) is 0 Å². The van der Waals surface area contributed by atoms with Crippen LogP contribution in [0.2, 0.25) is 0 Å². The van der Waals surface area contributed by atoms with Crippen molar-refractivity contribution in [2.75, 3.05) is 16.4 Å². The zero-order valence-corrected chi connectivity index (χ0v) is 15.3. The van der Waals surface area contributed by atoms with Crippen molar-refractivity contribution in [3.05, 3.63) is 42.2 Å². The number of alkyl halides is 3. The molecule has 1 saturated carbocycles. The van der Waals surface area contributed by atoms with Gasteiger partial charge >= 0.3 is 6.18 Å². The first-order valence-electron chi connectivity index (χ1n) is 8.78. The van der Waals surface area contributed by atoms with E-state index in [1.165, 1.54) is 6.07 Å². The molecule has 3 heterocycles. The molecule has 0 atom stereocenters. The molecule has 1 aliphatic carbocycles. The van der Waals surface area contributed by atoms with Crippen molar-refractivity contribution in [2.45, 2.75) is 31.5 Å². The third kappa shape index (κ3) is 4.50. The SMILES string of the molecule is CC1(Nc2nc(Nc3ccnc(C(F)(F)F)c3)nc(-c3cccc(N)n3)n2)CC1. The zero-order chi connectivity index (χ0) is 20.6. The molecule has 1 aliphatic rings. The fourth-order valence-corrected chi connectivity index (χ4v) is 2.55. The van der Waals surface area contributed by atoms with Gasteiger partial charge in [0, 0.05) is 17.4 Å². The van der Waals surface area contributed by atoms with Crippen molar-refractivity contribution in [3.8, 4) is 11.5 Å². The smallest absolute Gasteiger partial charge is 0.384 e. The molecular formula is C18H17F3N8. The van der Waals surface area contributed by atoms with Crippen LogP contribution >= 0.6 is 0 Å². The molecule has 1 fully saturated rings. The van der Waals surface area contributed by atoms with E-state index in [1.807, 2.05) is 6.92 Å². The topological polar surface area (TPSA) is 115 Å². The van der Waals surface area contributed by atoms with Crippen LogP contribution in [-0.4, -0.2) is 30.5 Å². The van der Waals surface area contributed by atoms with Gasteiger partial charge in [0.1, 0.15) is 17.2 Å². The van der Waals surface area contributed by atoms with Gasteiger partial charge in [-0.1, -0.05) is 6.07 Å². The normalized spacial score (nSPS) is 15.0. The monoisotopic (exact) mass is 402 g/mol. The molecule has 8 nitrogen and oxygen atoms in total. The van der Waals surface area contributed by atoms with E-state index < -0.39 is 11.9 Å². The molecule has 0 radical (unpaired) electrons. The second-order valence-electron chi connectivity index (χ2n) is 6.99. The van der Waals surface area contributed by atoms with Crippen LogP contribution in [0.5, 0.6) is 0 Å². The first-order chi connectivity index (χ1) is 13.7. The summed E-state index contributed by atoms with van der Waals surface area (Å²) in [6, 6.07) is 7.31. The first-order valence-corrected chi connectivity index (χ1v) is 8.78. The van der Waals surface area contributed by atoms with Crippen LogP contribution in [0.25, 0.3) is 11.5 Å². The van der Waals surface area contributed by atoms with Gasteiger partial charge in [0.2, 0.25) is 11.9 Å². The molecule has 0 unspecified atom stereocenters. The van der Waals surface area contributed by atoms with E-state index in [9.17, 15) is 13.2 Å². The fraction of sp³-hybridized carbons (Fsp3) is 0.278. The molecular weight excluding hydrogens is 385 g/mol. The Morgan fingerprint density at radius 2 is 1.79 bits per heavy atom. The maximum atomic E-state index is 12.9. The number of aromatic nitrogens is 5. The van der Waals surface area contributed by atoms with Gasteiger partial charge in [-0.2, -0.15) is 28.1 Å². The number of halogens is 3. The molecule has 150 valence electrons. The number of nitrogens with one attached hydrogen (secondary N) is 2. The Labute approximate surface area is 163 Å². The minimum atomic E-state index is -4.55. The fourth-order valence-electron chi connectivity index (χ4n) is 2.55. The third-order valence-corrected chi connectivity index (χ3v) is 4.36. The van der Waals surface area contributed by atoms with Gasteiger partial charge in [0.25, 0.3) is 0 Å². The number of hydrogen-bond acceptors (Lipinski definition) is 8. The summed E-state index contributed by atoms with van der Waals surface area (Å²) < 4.78 is 38.8. The second kappa shape index (κ2) is 6.83. The van der Waals surface area contributed by atoms with Gasteiger partial charge in [-0.3, -0.25) is 4.98 Å². The van der Waals surface area contributed by atoms with Crippen molar-refractivity contribution in [2.24, 2.45) is 0 Å². The van der Waals surface area contributed by atoms with E-state index in [2.05, 4.69) is 35.6 Å². The summed E-state index contributed by atoms with van der Waals surface area (Å²) in [5.74, 6) is 0.911. The van der Waals surface area contributed by atoms with Crippen LogP contribution in [0.4, 0.5) is 36.6 Å². The van der Waals surface area contributed by atoms with E-state index in [1.54, 1.807) is 18.2 Å². The van der Waals surface area contributed by atoms with E-state index in [0.29, 0.717) is 17.5 Å². The molecule has 0 aliphatic heterocycles. The van der Waals surface area contributed by atoms with Crippen molar-refractivity contribution < 1.29 is 13.2 Å². The second-order valence-corrected chi connectivity index (χ2v) is 6.99. The number of hydrogen-bond donors (Lipinski definition) is 3. The Kier molecular flexibility index (Phi) is 4.44. The summed E-state index contributed by atoms with van der Waals surface area (Å²) >= 11 is 0. The Balaban J connectivity index is 1.70. The van der Waals surface area contributed by atoms with Crippen LogP contribution in [0.1, 0.15) is 25.5 Å². The number of nitrogens with zero attached hydrogens (tertiary/aromatic N) is 5. The van der Waals surface area contributed by atoms with Crippen LogP contribution in [0.15, 0.2) is 36.5 Å². The van der Waals surface area contributed by atoms with Crippen LogP contribution in [0.3, 0.4) is 0 Å². The molecule has 4 N–H and O–H groups in total. The summed E-state index contributed by atoms with van der Waals surface area (Å²) in [5.41, 5.74) is 5.18. The summed E-state index contributed by atoms with van der Waals surface area (Å²) in [5, 5.41) is 6.01. The standard InChI is InChI=1S/C18H17F3N8/c1-17(6-7-17)29-16-27-14(11-3-2-4-13(22)25-11)26-15(28-16)24-10-5-8-23-12(9-10)18(19,20)21/h2-5,8-9H,6-7H2,1H3,(H2,22,25)(H2,23,24,26,27,28,29). The Morgan fingerprint density at radius 1 is 1.03 bits per heavy atom. The minimum absolute atomic E-state index is 0.0744. The third-order valence-electron chi connectivity index (χ3n) is 4.36. The maximum absolute atomic E-state index is 12.9. The molecule has 0 bridgehead atoms. The molecule has 29 heavy (non-hydrogen) atoms. The predicted molar refractivity (Wildman–Crippen MR) is 101 cm³/mol. The number of nitrogens with two attached hydrogens (primary N) is 1. The highest BCUT2D eigenvalue weighted by molar-refractivity contribution is 5.60. The molecule has 0 saturated heterocycles. The van der Waals surface area contributed by atoms with Crippen LogP contribution in [0, 0.1) is 0 Å². The Morgan fingerprint density at radius 3 is 2.48 bits per heavy atom. The summed E-state index contributed by atoms with van der Waals surface area (Å²) in [4.78, 5) is 20.5. The largest absolute Gasteiger partial charge is 0.433 e. The zero-order valence-electron chi connectivity index (χ0n) is 15.3. The number of nitrogen functional groups attached to an aromatic ring is 1. The van der Waals surface area contributed by atoms with Crippen molar-refractivity contribution in [1.82, 2.24) is 24.9 Å². The lowest BCUT2D eigenvalue weighted by Crippen LogP contribution is -2.19. The average Bonchev–Trinajstić information content (AvgIpc) is 3.37. The molecule has 3 aromatic heterocycles. The average molecular weight is 402 g/mol. The van der Waals surface area contributed by atoms with Crippen molar-refractivity contribution in [1.29, 1.82) is 0 Å². The number of rotatable bonds is 5. The van der Waals surface area contributed by atoms with Gasteiger partial charge in [0.15, 0.2) is 5.82 Å². The lowest BCUT2D eigenvalue weighted by molar-refractivity contribution is -0.141. The maximum Gasteiger partial charge on any atom is 0.433 e. The highest BCUT2D eigenvalue weighted by atomic mass is 19.4. The Bertz CT molecular complexity index is 1050. The molecule has 0 aromatic carbocycles. The quantitative estimate of drug-likeness (QED) is 0.593. The Hall–Kier alpha value is -3.50. The van der Waals surface area contributed by atoms with E-state index >= 15 is 0 Å². The summed E-state index contributed by atoms with van der Waals surface area (Å²) in [6.07, 6.45) is -1.56. The van der Waals surface area contributed by atoms with Crippen LogP contribution < -0.4 is 16.4 Å². The minimum Gasteiger partial charge on any atom is -0.384 e. The molecule has 3 aromatic rings. The summed E-state index contributed by atoms with van der Waals surface area (Å²) in [7, 11) is 0. The molecule has 4 rings (SSSR count). The van der Waals surface area contributed by atoms with E-state index in [0.717, 1.165) is 25.1 Å². The molecule has 0 spiro atoms. The van der Waals surface area contributed by atoms with Gasteiger partial charge in [-0.25, -0.2) is 4.98 Å². The molecule has 11 heteroatoms. The van der Waals surface area contributed by atoms with E-state index in [4.69, 9.17) is 5.73 Å². The van der Waals surface area contributed by atoms with Gasteiger partial charge in [-0.15, -0.1) is 0 Å². The summed E-state index contributed by atoms with van der Waals surface area (Å²) in [6.45, 7) is 2.03. The van der Waals surface area contributed by atoms with E-state index in [-0.39, 0.29) is 23.0 Å². The number of pyridine rings is 2. The predicted octanol–water partition coefficient (Wildman–Crippen LogP) is 3.64. The highest BCUT2D eigenvalue weighted by Crippen LogP contribution is 2.37. The lowest BCUT2D eigenvalue weighted by atomic mass is 10.3.